The highest BCUT2D eigenvalue weighted by Gasteiger charge is 2.45. The summed E-state index contributed by atoms with van der Waals surface area (Å²) in [6.07, 6.45) is 6.73. The predicted molar refractivity (Wildman–Crippen MR) is 183 cm³/mol. The van der Waals surface area contributed by atoms with Crippen LogP contribution in [0.2, 0.25) is 0 Å². The largest absolute Gasteiger partial charge is 0.495 e. The molecule has 1 saturated heterocycles. The molecule has 0 bridgehead atoms. The lowest BCUT2D eigenvalue weighted by atomic mass is 9.83. The Kier molecular flexibility index (Phi) is 12.1. The molecule has 2 aliphatic rings. The van der Waals surface area contributed by atoms with Gasteiger partial charge in [-0.3, -0.25) is 24.2 Å². The number of anilines is 1. The van der Waals surface area contributed by atoms with E-state index < -0.39 is 58.9 Å². The fourth-order valence-electron chi connectivity index (χ4n) is 6.58. The smallest absolute Gasteiger partial charge is 0.351 e. The number of aryl methyl sites for hydroxylation is 1. The Labute approximate surface area is 299 Å². The number of carbonyl (C=O) groups is 4. The zero-order valence-corrected chi connectivity index (χ0v) is 29.6. The zero-order valence-electron chi connectivity index (χ0n) is 29.6. The molecule has 3 N–H and O–H groups in total. The summed E-state index contributed by atoms with van der Waals surface area (Å²) in [5.74, 6) is -9.51. The minimum atomic E-state index is -4.04. The van der Waals surface area contributed by atoms with Crippen LogP contribution in [0.3, 0.4) is 0 Å². The molecule has 3 heterocycles. The highest BCUT2D eigenvalue weighted by atomic mass is 19.3. The van der Waals surface area contributed by atoms with Gasteiger partial charge in [-0.05, 0) is 49.6 Å². The lowest BCUT2D eigenvalue weighted by Crippen LogP contribution is -2.55. The number of aromatic nitrogens is 4. The van der Waals surface area contributed by atoms with Crippen molar-refractivity contribution in [1.29, 1.82) is 0 Å². The van der Waals surface area contributed by atoms with Gasteiger partial charge in [0.2, 0.25) is 11.8 Å². The molecule has 1 saturated carbocycles. The number of nitrogens with zero attached hydrogens (tertiary/aromatic N) is 6. The number of hydrogen-bond donors (Lipinski definition) is 3. The maximum Gasteiger partial charge on any atom is 0.351 e. The van der Waals surface area contributed by atoms with Gasteiger partial charge in [0.25, 0.3) is 11.8 Å². The van der Waals surface area contributed by atoms with Gasteiger partial charge < -0.3 is 30.5 Å². The van der Waals surface area contributed by atoms with Crippen LogP contribution in [0.25, 0.3) is 0 Å². The van der Waals surface area contributed by atoms with Crippen molar-refractivity contribution >= 4 is 29.3 Å². The Morgan fingerprint density at radius 1 is 0.962 bits per heavy atom. The number of halogens is 3. The number of amides is 4. The molecule has 3 aromatic rings. The maximum atomic E-state index is 15.8. The van der Waals surface area contributed by atoms with Crippen LogP contribution in [-0.2, 0) is 27.4 Å². The van der Waals surface area contributed by atoms with Gasteiger partial charge in [0, 0.05) is 45.3 Å². The number of alkyl halides is 2. The number of rotatable bonds is 12. The fraction of sp³-hybridized carbons (Fsp3) is 0.514. The van der Waals surface area contributed by atoms with Gasteiger partial charge in [0.15, 0.2) is 0 Å². The van der Waals surface area contributed by atoms with E-state index in [0.717, 1.165) is 37.6 Å². The number of hydrogen-bond acceptors (Lipinski definition) is 9. The number of carbonyl (C=O) groups excluding carboxylic acids is 4. The molecule has 14 nitrogen and oxygen atoms in total. The summed E-state index contributed by atoms with van der Waals surface area (Å²) in [6.45, 7) is 3.87. The van der Waals surface area contributed by atoms with Crippen molar-refractivity contribution < 1.29 is 37.1 Å². The van der Waals surface area contributed by atoms with Crippen LogP contribution >= 0.6 is 0 Å². The molecule has 1 aliphatic heterocycles. The highest BCUT2D eigenvalue weighted by molar-refractivity contribution is 5.99. The molecule has 0 spiro atoms. The first kappa shape index (κ1) is 38.2. The highest BCUT2D eigenvalue weighted by Crippen LogP contribution is 2.33. The standard InChI is InChI=1S/C35H44F3N9O5/c1-21(29(33(50)47-14-12-45(2)13-15-47)42-31(48)28-20-40-44-46(28)3)23-10-11-27(26(36)16-23)41-32(49)30(22-8-6-5-7-9-22)43-34(51)35(37,38)24-17-25(52-4)19-39-18-24/h10-11,16-22,29-30H,5-9,12-15H2,1-4H3,(H,41,49)(H,42,48)(H,43,51)/t21-,29+,30-/m0/s1. The summed E-state index contributed by atoms with van der Waals surface area (Å²) in [7, 11) is 4.77. The first-order valence-corrected chi connectivity index (χ1v) is 17.2. The minimum Gasteiger partial charge on any atom is -0.495 e. The molecule has 1 aliphatic carbocycles. The SMILES string of the molecule is COc1cncc(C(F)(F)C(=O)N[C@H](C(=O)Nc2ccc([C@H](C)[C@@H](NC(=O)c3cnnn3C)C(=O)N3CCN(C)CC3)cc2F)C2CCCCC2)c1. The molecule has 3 atom stereocenters. The number of ether oxygens (including phenoxy) is 1. The number of benzene rings is 1. The van der Waals surface area contributed by atoms with E-state index in [0.29, 0.717) is 44.6 Å². The van der Waals surface area contributed by atoms with E-state index in [2.05, 4.69) is 36.1 Å². The second-order valence-corrected chi connectivity index (χ2v) is 13.4. The Morgan fingerprint density at radius 2 is 1.67 bits per heavy atom. The van der Waals surface area contributed by atoms with Crippen LogP contribution in [0.1, 0.15) is 66.6 Å². The first-order chi connectivity index (χ1) is 24.8. The number of nitrogens with one attached hydrogen (secondary N) is 3. The van der Waals surface area contributed by atoms with Crippen molar-refractivity contribution in [3.05, 3.63) is 65.5 Å². The summed E-state index contributed by atoms with van der Waals surface area (Å²) in [5.41, 5.74) is -0.465. The van der Waals surface area contributed by atoms with Gasteiger partial charge >= 0.3 is 5.92 Å². The second-order valence-electron chi connectivity index (χ2n) is 13.4. The van der Waals surface area contributed by atoms with Gasteiger partial charge in [0.1, 0.15) is 29.3 Å². The Balaban J connectivity index is 1.35. The summed E-state index contributed by atoms with van der Waals surface area (Å²) in [4.78, 5) is 61.2. The van der Waals surface area contributed by atoms with Crippen molar-refractivity contribution in [2.45, 2.75) is 63.0 Å². The third kappa shape index (κ3) is 8.69. The molecule has 5 rings (SSSR count). The van der Waals surface area contributed by atoms with Gasteiger partial charge in [-0.15, -0.1) is 5.10 Å². The van der Waals surface area contributed by atoms with Crippen molar-refractivity contribution in [2.24, 2.45) is 13.0 Å². The molecule has 2 aromatic heterocycles. The van der Waals surface area contributed by atoms with E-state index in [1.165, 1.54) is 36.3 Å². The second kappa shape index (κ2) is 16.5. The average molecular weight is 728 g/mol. The van der Waals surface area contributed by atoms with E-state index in [9.17, 15) is 19.2 Å². The summed E-state index contributed by atoms with van der Waals surface area (Å²) < 4.78 is 52.7. The number of likely N-dealkylation sites (N-methyl/N-ethyl adjacent to an activating group) is 1. The van der Waals surface area contributed by atoms with Gasteiger partial charge in [0.05, 0.1) is 30.8 Å². The monoisotopic (exact) mass is 727 g/mol. The molecule has 1 aromatic carbocycles. The van der Waals surface area contributed by atoms with Crippen molar-refractivity contribution in [2.75, 3.05) is 45.7 Å². The van der Waals surface area contributed by atoms with Crippen LogP contribution < -0.4 is 20.7 Å². The topological polar surface area (TPSA) is 164 Å². The maximum absolute atomic E-state index is 15.8. The number of methoxy groups -OCH3 is 1. The molecule has 0 unspecified atom stereocenters. The Morgan fingerprint density at radius 3 is 2.31 bits per heavy atom. The molecule has 52 heavy (non-hydrogen) atoms. The van der Waals surface area contributed by atoms with E-state index in [1.807, 2.05) is 7.05 Å². The number of pyridine rings is 1. The van der Waals surface area contributed by atoms with Crippen molar-refractivity contribution in [3.63, 3.8) is 0 Å². The van der Waals surface area contributed by atoms with Crippen molar-refractivity contribution in [1.82, 2.24) is 40.4 Å². The Hall–Kier alpha value is -5.06. The van der Waals surface area contributed by atoms with E-state index in [-0.39, 0.29) is 23.0 Å². The molecule has 280 valence electrons. The summed E-state index contributed by atoms with van der Waals surface area (Å²) in [6, 6.07) is 2.50. The first-order valence-electron chi connectivity index (χ1n) is 17.2. The van der Waals surface area contributed by atoms with E-state index in [4.69, 9.17) is 4.74 Å². The normalized spacial score (nSPS) is 17.5. The lowest BCUT2D eigenvalue weighted by Gasteiger charge is -2.36. The van der Waals surface area contributed by atoms with Crippen LogP contribution in [-0.4, -0.2) is 106 Å². The quantitative estimate of drug-likeness (QED) is 0.255. The summed E-state index contributed by atoms with van der Waals surface area (Å²) in [5, 5.41) is 15.0. The van der Waals surface area contributed by atoms with Crippen LogP contribution in [0.5, 0.6) is 5.75 Å². The molecule has 0 radical (unpaired) electrons. The van der Waals surface area contributed by atoms with Gasteiger partial charge in [-0.2, -0.15) is 8.78 Å². The molecule has 17 heteroatoms. The third-order valence-corrected chi connectivity index (χ3v) is 9.88. The number of piperazine rings is 1. The lowest BCUT2D eigenvalue weighted by molar-refractivity contribution is -0.149. The molecule has 2 fully saturated rings. The third-order valence-electron chi connectivity index (χ3n) is 9.88. The fourth-order valence-corrected chi connectivity index (χ4v) is 6.58. The minimum absolute atomic E-state index is 0.0305. The molecular formula is C35H44F3N9O5. The van der Waals surface area contributed by atoms with Gasteiger partial charge in [-0.25, -0.2) is 9.07 Å². The Bertz CT molecular complexity index is 1760. The van der Waals surface area contributed by atoms with E-state index >= 15 is 13.2 Å². The van der Waals surface area contributed by atoms with Crippen LogP contribution in [0.15, 0.2) is 42.9 Å². The predicted octanol–water partition coefficient (Wildman–Crippen LogP) is 2.83. The van der Waals surface area contributed by atoms with Gasteiger partial charge in [-0.1, -0.05) is 37.5 Å². The summed E-state index contributed by atoms with van der Waals surface area (Å²) >= 11 is 0. The average Bonchev–Trinajstić information content (AvgIpc) is 3.59. The van der Waals surface area contributed by atoms with Crippen molar-refractivity contribution in [3.8, 4) is 5.75 Å². The van der Waals surface area contributed by atoms with E-state index in [1.54, 1.807) is 18.9 Å². The molecular weight excluding hydrogens is 683 g/mol. The van der Waals surface area contributed by atoms with Crippen LogP contribution in [0.4, 0.5) is 18.9 Å². The molecule has 4 amide bonds. The van der Waals surface area contributed by atoms with Crippen LogP contribution in [0, 0.1) is 11.7 Å². The zero-order chi connectivity index (χ0) is 37.6.